The molecule has 0 atom stereocenters. The Labute approximate surface area is 179 Å². The maximum absolute atomic E-state index is 12.0. The van der Waals surface area contributed by atoms with Gasteiger partial charge in [0.15, 0.2) is 0 Å². The molecule has 0 aliphatic heterocycles. The number of aromatic nitrogens is 1. The Kier molecular flexibility index (Phi) is 5.41. The number of phenolic OH excluding ortho intramolecular Hbond substituents is 1. The van der Waals surface area contributed by atoms with Gasteiger partial charge in [-0.25, -0.2) is 0 Å². The highest BCUT2D eigenvalue weighted by molar-refractivity contribution is 5.95. The summed E-state index contributed by atoms with van der Waals surface area (Å²) in [4.78, 5) is 16.1. The Morgan fingerprint density at radius 1 is 1.10 bits per heavy atom. The number of nitrogens with zero attached hydrogens (tertiary/aromatic N) is 3. The van der Waals surface area contributed by atoms with Gasteiger partial charge in [0.2, 0.25) is 0 Å². The molecule has 0 fully saturated rings. The Hall–Kier alpha value is -4.13. The van der Waals surface area contributed by atoms with Crippen molar-refractivity contribution in [3.63, 3.8) is 0 Å². The van der Waals surface area contributed by atoms with Crippen molar-refractivity contribution in [3.05, 3.63) is 88.1 Å². The molecule has 1 N–H and O–H groups in total. The average molecular weight is 415 g/mol. The van der Waals surface area contributed by atoms with E-state index in [1.54, 1.807) is 37.6 Å². The fourth-order valence-corrected chi connectivity index (χ4v) is 3.60. The van der Waals surface area contributed by atoms with Gasteiger partial charge in [0.05, 0.1) is 28.6 Å². The number of aromatic hydroxyl groups is 1. The summed E-state index contributed by atoms with van der Waals surface area (Å²) in [5, 5.41) is 22.5. The van der Waals surface area contributed by atoms with Crippen molar-refractivity contribution < 1.29 is 14.8 Å². The van der Waals surface area contributed by atoms with Crippen LogP contribution in [0.5, 0.6) is 11.5 Å². The number of aliphatic imine (C=N–C) groups is 1. The Balaban J connectivity index is 1.84. The van der Waals surface area contributed by atoms with E-state index in [1.807, 2.05) is 47.9 Å². The molecule has 1 heterocycles. The second kappa shape index (κ2) is 8.31. The Morgan fingerprint density at radius 3 is 2.45 bits per heavy atom. The molecule has 0 aliphatic carbocycles. The van der Waals surface area contributed by atoms with Gasteiger partial charge in [-0.3, -0.25) is 15.1 Å². The van der Waals surface area contributed by atoms with Crippen molar-refractivity contribution >= 4 is 28.5 Å². The first kappa shape index (κ1) is 20.2. The van der Waals surface area contributed by atoms with Crippen molar-refractivity contribution in [3.8, 4) is 17.2 Å². The Morgan fingerprint density at radius 2 is 1.81 bits per heavy atom. The monoisotopic (exact) mass is 415 g/mol. The zero-order chi connectivity index (χ0) is 22.0. The largest absolute Gasteiger partial charge is 0.508 e. The summed E-state index contributed by atoms with van der Waals surface area (Å²) < 4.78 is 6.96. The molecule has 0 saturated heterocycles. The lowest BCUT2D eigenvalue weighted by atomic mass is 10.2. The quantitative estimate of drug-likeness (QED) is 0.256. The van der Waals surface area contributed by atoms with Gasteiger partial charge in [0.25, 0.3) is 5.69 Å². The highest BCUT2D eigenvalue weighted by atomic mass is 16.6. The molecular weight excluding hydrogens is 394 g/mol. The highest BCUT2D eigenvalue weighted by Crippen LogP contribution is 2.37. The van der Waals surface area contributed by atoms with Crippen LogP contribution in [0.4, 0.5) is 11.4 Å². The lowest BCUT2D eigenvalue weighted by Crippen LogP contribution is -2.03. The lowest BCUT2D eigenvalue weighted by molar-refractivity contribution is -0.383. The fraction of sp³-hybridized carbons (Fsp3) is 0.125. The van der Waals surface area contributed by atoms with Gasteiger partial charge in [0, 0.05) is 24.4 Å². The fourth-order valence-electron chi connectivity index (χ4n) is 3.60. The maximum Gasteiger partial charge on any atom is 0.298 e. The number of rotatable bonds is 6. The van der Waals surface area contributed by atoms with Crippen molar-refractivity contribution in [2.24, 2.45) is 4.99 Å². The second-order valence-corrected chi connectivity index (χ2v) is 7.14. The molecule has 0 saturated carbocycles. The molecule has 156 valence electrons. The average Bonchev–Trinajstić information content (AvgIpc) is 3.08. The molecule has 0 radical (unpaired) electrons. The molecule has 0 aliphatic rings. The zero-order valence-electron chi connectivity index (χ0n) is 17.1. The third-order valence-corrected chi connectivity index (χ3v) is 5.09. The SMILES string of the molecule is COc1ccc(N=CCc2c([N+](=O)[O-])c3ccc(O)cc3n2-c2ccc(C)cc2)cc1. The first-order valence-corrected chi connectivity index (χ1v) is 9.72. The van der Waals surface area contributed by atoms with Crippen molar-refractivity contribution in [1.82, 2.24) is 4.57 Å². The third kappa shape index (κ3) is 3.98. The molecule has 0 unspecified atom stereocenters. The van der Waals surface area contributed by atoms with Crippen LogP contribution in [-0.4, -0.2) is 27.9 Å². The van der Waals surface area contributed by atoms with E-state index in [0.29, 0.717) is 16.6 Å². The summed E-state index contributed by atoms with van der Waals surface area (Å²) in [6.45, 7) is 1.98. The van der Waals surface area contributed by atoms with Crippen LogP contribution < -0.4 is 4.74 Å². The van der Waals surface area contributed by atoms with Crippen LogP contribution in [0.3, 0.4) is 0 Å². The van der Waals surface area contributed by atoms with E-state index in [4.69, 9.17) is 4.74 Å². The van der Waals surface area contributed by atoms with Crippen LogP contribution in [0.1, 0.15) is 11.3 Å². The van der Waals surface area contributed by atoms with Crippen molar-refractivity contribution in [2.45, 2.75) is 13.3 Å². The predicted octanol–water partition coefficient (Wildman–Crippen LogP) is 5.51. The van der Waals surface area contributed by atoms with Crippen LogP contribution in [-0.2, 0) is 6.42 Å². The highest BCUT2D eigenvalue weighted by Gasteiger charge is 2.26. The summed E-state index contributed by atoms with van der Waals surface area (Å²) in [5.74, 6) is 0.778. The van der Waals surface area contributed by atoms with Crippen LogP contribution in [0.15, 0.2) is 71.7 Å². The van der Waals surface area contributed by atoms with Gasteiger partial charge in [-0.2, -0.15) is 0 Å². The van der Waals surface area contributed by atoms with Gasteiger partial charge in [-0.05, 0) is 55.5 Å². The number of nitro groups is 1. The van der Waals surface area contributed by atoms with E-state index in [0.717, 1.165) is 22.7 Å². The van der Waals surface area contributed by atoms with E-state index < -0.39 is 0 Å². The number of hydrogen-bond donors (Lipinski definition) is 1. The Bertz CT molecular complexity index is 1270. The number of aryl methyl sites for hydroxylation is 1. The summed E-state index contributed by atoms with van der Waals surface area (Å²) in [6.07, 6.45) is 1.90. The number of fused-ring (bicyclic) bond motifs is 1. The molecule has 7 nitrogen and oxygen atoms in total. The molecule has 4 aromatic rings. The molecule has 0 bridgehead atoms. The third-order valence-electron chi connectivity index (χ3n) is 5.09. The van der Waals surface area contributed by atoms with Gasteiger partial charge >= 0.3 is 0 Å². The topological polar surface area (TPSA) is 89.9 Å². The van der Waals surface area contributed by atoms with Crippen LogP contribution in [0.2, 0.25) is 0 Å². The van der Waals surface area contributed by atoms with Gasteiger partial charge in [-0.1, -0.05) is 17.7 Å². The lowest BCUT2D eigenvalue weighted by Gasteiger charge is -2.09. The number of methoxy groups -OCH3 is 1. The molecule has 4 rings (SSSR count). The second-order valence-electron chi connectivity index (χ2n) is 7.14. The van der Waals surface area contributed by atoms with Crippen LogP contribution in [0, 0.1) is 17.0 Å². The summed E-state index contributed by atoms with van der Waals surface area (Å²) >= 11 is 0. The standard InChI is InChI=1S/C24H21N3O4/c1-16-3-7-18(8-4-16)26-22(13-14-25-17-5-10-20(31-2)11-6-17)24(27(29)30)21-12-9-19(28)15-23(21)26/h3-12,14-15,28H,13H2,1-2H3. The van der Waals surface area contributed by atoms with Gasteiger partial charge in [-0.15, -0.1) is 0 Å². The molecular formula is C24H21N3O4. The number of benzene rings is 3. The maximum atomic E-state index is 12.0. The minimum absolute atomic E-state index is 0.0109. The molecule has 0 amide bonds. The van der Waals surface area contributed by atoms with Crippen molar-refractivity contribution in [1.29, 1.82) is 0 Å². The van der Waals surface area contributed by atoms with Gasteiger partial charge in [0.1, 0.15) is 17.2 Å². The minimum Gasteiger partial charge on any atom is -0.508 e. The molecule has 31 heavy (non-hydrogen) atoms. The molecule has 1 aromatic heterocycles. The first-order valence-electron chi connectivity index (χ1n) is 9.72. The predicted molar refractivity (Wildman–Crippen MR) is 121 cm³/mol. The number of ether oxygens (including phenoxy) is 1. The number of hydrogen-bond acceptors (Lipinski definition) is 5. The van der Waals surface area contributed by atoms with Gasteiger partial charge < -0.3 is 14.4 Å². The van der Waals surface area contributed by atoms with E-state index in [-0.39, 0.29) is 22.8 Å². The van der Waals surface area contributed by atoms with E-state index in [2.05, 4.69) is 4.99 Å². The number of phenols is 1. The van der Waals surface area contributed by atoms with E-state index >= 15 is 0 Å². The molecule has 0 spiro atoms. The zero-order valence-corrected chi connectivity index (χ0v) is 17.1. The van der Waals surface area contributed by atoms with E-state index in [1.165, 1.54) is 6.07 Å². The van der Waals surface area contributed by atoms with Crippen molar-refractivity contribution in [2.75, 3.05) is 7.11 Å². The summed E-state index contributed by atoms with van der Waals surface area (Å²) in [5.41, 5.74) is 3.66. The smallest absolute Gasteiger partial charge is 0.298 e. The molecule has 7 heteroatoms. The summed E-state index contributed by atoms with van der Waals surface area (Å²) in [6, 6.07) is 19.6. The molecule has 3 aromatic carbocycles. The van der Waals surface area contributed by atoms with E-state index in [9.17, 15) is 15.2 Å². The minimum atomic E-state index is -0.374. The normalized spacial score (nSPS) is 11.3. The summed E-state index contributed by atoms with van der Waals surface area (Å²) in [7, 11) is 1.60. The first-order chi connectivity index (χ1) is 15.0. The van der Waals surface area contributed by atoms with Crippen LogP contribution >= 0.6 is 0 Å². The van der Waals surface area contributed by atoms with Crippen LogP contribution in [0.25, 0.3) is 16.6 Å².